The zero-order valence-electron chi connectivity index (χ0n) is 13.4. The number of para-hydroxylation sites is 1. The van der Waals surface area contributed by atoms with Crippen LogP contribution in [0, 0.1) is 5.82 Å². The summed E-state index contributed by atoms with van der Waals surface area (Å²) in [5.41, 5.74) is 1.23. The molecule has 0 atom stereocenters. The number of nitrogens with one attached hydrogen (secondary N) is 1. The first kappa shape index (κ1) is 17.6. The molecule has 3 rings (SSSR count). The van der Waals surface area contributed by atoms with Crippen molar-refractivity contribution in [3.8, 4) is 11.8 Å². The predicted octanol–water partition coefficient (Wildman–Crippen LogP) is 4.71. The zero-order valence-corrected chi connectivity index (χ0v) is 14.2. The molecule has 0 bridgehead atoms. The second-order valence-corrected chi connectivity index (χ2v) is 5.60. The normalized spacial score (nSPS) is 10.7. The van der Waals surface area contributed by atoms with Gasteiger partial charge in [-0.2, -0.15) is 0 Å². The number of rotatable bonds is 5. The van der Waals surface area contributed by atoms with Crippen molar-refractivity contribution in [1.82, 2.24) is 9.97 Å². The summed E-state index contributed by atoms with van der Waals surface area (Å²) in [6, 6.07) is 13.0. The summed E-state index contributed by atoms with van der Waals surface area (Å²) >= 11 is 5.81. The van der Waals surface area contributed by atoms with Gasteiger partial charge in [0.15, 0.2) is 11.6 Å². The van der Waals surface area contributed by atoms with Crippen molar-refractivity contribution in [2.45, 2.75) is 0 Å². The first-order chi connectivity index (χ1) is 12.6. The summed E-state index contributed by atoms with van der Waals surface area (Å²) in [5, 5.41) is 3.25. The van der Waals surface area contributed by atoms with Gasteiger partial charge < -0.3 is 10.1 Å². The molecule has 0 fully saturated rings. The van der Waals surface area contributed by atoms with E-state index in [4.69, 9.17) is 16.3 Å². The number of carbonyl (C=O) groups excluding carboxylic acids is 1. The Balaban J connectivity index is 1.59. The monoisotopic (exact) mass is 369 g/mol. The number of amides is 1. The highest BCUT2D eigenvalue weighted by Gasteiger charge is 2.06. The third-order valence-corrected chi connectivity index (χ3v) is 3.48. The Labute approximate surface area is 154 Å². The number of carbonyl (C=O) groups is 1. The molecule has 0 radical (unpaired) electrons. The molecule has 3 aromatic rings. The van der Waals surface area contributed by atoms with Crippen LogP contribution < -0.4 is 10.1 Å². The van der Waals surface area contributed by atoms with Gasteiger partial charge in [-0.15, -0.1) is 0 Å². The molecular weight excluding hydrogens is 357 g/mol. The lowest BCUT2D eigenvalue weighted by Crippen LogP contribution is -2.08. The highest BCUT2D eigenvalue weighted by atomic mass is 35.5. The predicted molar refractivity (Wildman–Crippen MR) is 97.6 cm³/mol. The quantitative estimate of drug-likeness (QED) is 0.661. The van der Waals surface area contributed by atoms with Gasteiger partial charge in [0.1, 0.15) is 0 Å². The molecule has 26 heavy (non-hydrogen) atoms. The van der Waals surface area contributed by atoms with Crippen LogP contribution in [0.25, 0.3) is 6.08 Å². The smallest absolute Gasteiger partial charge is 0.322 e. The largest absolute Gasteiger partial charge is 0.421 e. The number of hydrogen-bond acceptors (Lipinski definition) is 4. The maximum atomic E-state index is 13.5. The Morgan fingerprint density at radius 2 is 1.77 bits per heavy atom. The average Bonchev–Trinajstić information content (AvgIpc) is 2.65. The zero-order chi connectivity index (χ0) is 18.4. The Morgan fingerprint density at radius 3 is 2.46 bits per heavy atom. The molecule has 0 aliphatic carbocycles. The minimum Gasteiger partial charge on any atom is -0.421 e. The van der Waals surface area contributed by atoms with Crippen LogP contribution in [0.15, 0.2) is 67.0 Å². The lowest BCUT2D eigenvalue weighted by atomic mass is 10.2. The molecular formula is C19H13ClFN3O2. The second kappa shape index (κ2) is 8.22. The van der Waals surface area contributed by atoms with Crippen LogP contribution in [0.4, 0.5) is 10.1 Å². The molecule has 0 saturated heterocycles. The van der Waals surface area contributed by atoms with Gasteiger partial charge in [0.05, 0.1) is 18.1 Å². The number of ether oxygens (including phenoxy) is 1. The molecule has 1 amide bonds. The molecule has 0 unspecified atom stereocenters. The van der Waals surface area contributed by atoms with Gasteiger partial charge in [-0.1, -0.05) is 35.9 Å². The maximum absolute atomic E-state index is 13.5. The average molecular weight is 370 g/mol. The Bertz CT molecular complexity index is 928. The summed E-state index contributed by atoms with van der Waals surface area (Å²) < 4.78 is 18.8. The van der Waals surface area contributed by atoms with Crippen LogP contribution in [-0.4, -0.2) is 15.9 Å². The van der Waals surface area contributed by atoms with E-state index in [1.165, 1.54) is 30.6 Å². The van der Waals surface area contributed by atoms with E-state index in [1.807, 2.05) is 0 Å². The number of halogens is 2. The standard InChI is InChI=1S/C19H13ClFN3O2/c20-14-8-5-13(6-9-14)7-10-18(25)24-15-11-22-19(23-12-15)26-17-4-2-1-3-16(17)21/h1-12H,(H,24,25)/b10-7+. The fourth-order valence-corrected chi connectivity index (χ4v) is 2.12. The fourth-order valence-electron chi connectivity index (χ4n) is 1.99. The lowest BCUT2D eigenvalue weighted by Gasteiger charge is -2.05. The molecule has 5 nitrogen and oxygen atoms in total. The second-order valence-electron chi connectivity index (χ2n) is 5.16. The minimum atomic E-state index is -0.513. The van der Waals surface area contributed by atoms with Gasteiger partial charge in [-0.3, -0.25) is 4.79 Å². The molecule has 0 spiro atoms. The maximum Gasteiger partial charge on any atom is 0.322 e. The Morgan fingerprint density at radius 1 is 1.08 bits per heavy atom. The van der Waals surface area contributed by atoms with Crippen LogP contribution in [0.1, 0.15) is 5.56 Å². The molecule has 0 aliphatic rings. The van der Waals surface area contributed by atoms with E-state index in [9.17, 15) is 9.18 Å². The van der Waals surface area contributed by atoms with Gasteiger partial charge in [-0.05, 0) is 35.9 Å². The van der Waals surface area contributed by atoms with Crippen molar-refractivity contribution in [2.75, 3.05) is 5.32 Å². The number of benzene rings is 2. The first-order valence-electron chi connectivity index (χ1n) is 7.59. The molecule has 1 heterocycles. The van der Waals surface area contributed by atoms with E-state index in [2.05, 4.69) is 15.3 Å². The molecule has 1 N–H and O–H groups in total. The summed E-state index contributed by atoms with van der Waals surface area (Å²) in [6.07, 6.45) is 5.78. The van der Waals surface area contributed by atoms with E-state index in [0.29, 0.717) is 10.7 Å². The molecule has 130 valence electrons. The van der Waals surface area contributed by atoms with Gasteiger partial charge in [-0.25, -0.2) is 14.4 Å². The van der Waals surface area contributed by atoms with Crippen molar-refractivity contribution < 1.29 is 13.9 Å². The number of nitrogens with zero attached hydrogens (tertiary/aromatic N) is 2. The van der Waals surface area contributed by atoms with Crippen LogP contribution in [-0.2, 0) is 4.79 Å². The molecule has 1 aromatic heterocycles. The Hall–Kier alpha value is -3.25. The van der Waals surface area contributed by atoms with Crippen molar-refractivity contribution in [3.05, 3.63) is 83.4 Å². The highest BCUT2D eigenvalue weighted by molar-refractivity contribution is 6.30. The highest BCUT2D eigenvalue weighted by Crippen LogP contribution is 2.21. The van der Waals surface area contributed by atoms with Crippen LogP contribution >= 0.6 is 11.6 Å². The summed E-state index contributed by atoms with van der Waals surface area (Å²) in [5.74, 6) is -0.831. The third kappa shape index (κ3) is 4.87. The molecule has 0 aliphatic heterocycles. The topological polar surface area (TPSA) is 64.1 Å². The molecule has 2 aromatic carbocycles. The summed E-state index contributed by atoms with van der Waals surface area (Å²) in [6.45, 7) is 0. The molecule has 7 heteroatoms. The SMILES string of the molecule is O=C(/C=C/c1ccc(Cl)cc1)Nc1cnc(Oc2ccccc2F)nc1. The van der Waals surface area contributed by atoms with E-state index in [0.717, 1.165) is 5.56 Å². The van der Waals surface area contributed by atoms with Crippen LogP contribution in [0.2, 0.25) is 5.02 Å². The van der Waals surface area contributed by atoms with Crippen LogP contribution in [0.3, 0.4) is 0 Å². The van der Waals surface area contributed by atoms with Crippen LogP contribution in [0.5, 0.6) is 11.8 Å². The lowest BCUT2D eigenvalue weighted by molar-refractivity contribution is -0.111. The summed E-state index contributed by atoms with van der Waals surface area (Å²) in [4.78, 5) is 19.8. The summed E-state index contributed by atoms with van der Waals surface area (Å²) in [7, 11) is 0. The third-order valence-electron chi connectivity index (χ3n) is 3.23. The first-order valence-corrected chi connectivity index (χ1v) is 7.97. The van der Waals surface area contributed by atoms with Crippen molar-refractivity contribution >= 4 is 29.3 Å². The fraction of sp³-hybridized carbons (Fsp3) is 0. The van der Waals surface area contributed by atoms with E-state index in [1.54, 1.807) is 42.5 Å². The van der Waals surface area contributed by atoms with Gasteiger partial charge in [0, 0.05) is 11.1 Å². The Kier molecular flexibility index (Phi) is 5.56. The molecule has 0 saturated carbocycles. The van der Waals surface area contributed by atoms with Gasteiger partial charge in [0.2, 0.25) is 5.91 Å². The number of hydrogen-bond donors (Lipinski definition) is 1. The van der Waals surface area contributed by atoms with Crippen molar-refractivity contribution in [1.29, 1.82) is 0 Å². The van der Waals surface area contributed by atoms with E-state index < -0.39 is 5.82 Å². The van der Waals surface area contributed by atoms with Gasteiger partial charge in [0.25, 0.3) is 0 Å². The van der Waals surface area contributed by atoms with Crippen molar-refractivity contribution in [2.24, 2.45) is 0 Å². The van der Waals surface area contributed by atoms with Gasteiger partial charge >= 0.3 is 6.01 Å². The number of aromatic nitrogens is 2. The van der Waals surface area contributed by atoms with E-state index in [-0.39, 0.29) is 17.7 Å². The van der Waals surface area contributed by atoms with Crippen molar-refractivity contribution in [3.63, 3.8) is 0 Å². The number of anilines is 1. The minimum absolute atomic E-state index is 0.0233. The van der Waals surface area contributed by atoms with E-state index >= 15 is 0 Å².